The fourth-order valence-electron chi connectivity index (χ4n) is 4.88. The quantitative estimate of drug-likeness (QED) is 0.665. The minimum Gasteiger partial charge on any atom is -0.420 e. The molecular formula is C24H27N5O3. The molecule has 1 unspecified atom stereocenters. The third-order valence-corrected chi connectivity index (χ3v) is 6.73. The molecule has 2 fully saturated rings. The number of aryl methyl sites for hydroxylation is 1. The number of benzene rings is 1. The summed E-state index contributed by atoms with van der Waals surface area (Å²) < 4.78 is 11.8. The molecule has 3 aromatic rings. The van der Waals surface area contributed by atoms with Crippen molar-refractivity contribution < 1.29 is 13.9 Å². The molecule has 2 amide bonds. The summed E-state index contributed by atoms with van der Waals surface area (Å²) in [5.41, 5.74) is 2.70. The van der Waals surface area contributed by atoms with Gasteiger partial charge in [-0.05, 0) is 43.0 Å². The molecule has 2 aromatic heterocycles. The largest absolute Gasteiger partial charge is 0.420 e. The van der Waals surface area contributed by atoms with Crippen molar-refractivity contribution in [2.45, 2.75) is 32.1 Å². The van der Waals surface area contributed by atoms with E-state index in [0.29, 0.717) is 38.1 Å². The molecule has 0 aliphatic carbocycles. The molecule has 32 heavy (non-hydrogen) atoms. The summed E-state index contributed by atoms with van der Waals surface area (Å²) in [4.78, 5) is 19.2. The van der Waals surface area contributed by atoms with E-state index in [2.05, 4.69) is 27.4 Å². The van der Waals surface area contributed by atoms with Gasteiger partial charge in [0.15, 0.2) is 0 Å². The van der Waals surface area contributed by atoms with Crippen LogP contribution in [0.15, 0.2) is 53.2 Å². The Bertz CT molecular complexity index is 1080. The van der Waals surface area contributed by atoms with Gasteiger partial charge in [-0.15, -0.1) is 10.2 Å². The maximum atomic E-state index is 13.2. The number of likely N-dealkylation sites (tertiary alicyclic amines) is 1. The van der Waals surface area contributed by atoms with Gasteiger partial charge in [0.25, 0.3) is 0 Å². The van der Waals surface area contributed by atoms with Gasteiger partial charge in [0.2, 0.25) is 11.8 Å². The number of urea groups is 1. The molecule has 4 heterocycles. The zero-order valence-electron chi connectivity index (χ0n) is 18.2. The fourth-order valence-corrected chi connectivity index (χ4v) is 4.88. The van der Waals surface area contributed by atoms with Gasteiger partial charge in [0.1, 0.15) is 0 Å². The van der Waals surface area contributed by atoms with Gasteiger partial charge in [0, 0.05) is 55.4 Å². The molecule has 1 N–H and O–H groups in total. The molecule has 1 aromatic carbocycles. The lowest BCUT2D eigenvalue weighted by molar-refractivity contribution is 0.0104. The first kappa shape index (κ1) is 20.6. The van der Waals surface area contributed by atoms with Gasteiger partial charge in [-0.1, -0.05) is 25.1 Å². The molecule has 0 saturated carbocycles. The maximum absolute atomic E-state index is 13.2. The SMILES string of the molecule is CCc1ccccc1NC(=O)N1CC(c2nnc(-c3ccncc3)o2)C2(CCOCC2)C1. The van der Waals surface area contributed by atoms with Crippen molar-refractivity contribution >= 4 is 11.7 Å². The Morgan fingerprint density at radius 3 is 2.72 bits per heavy atom. The van der Waals surface area contributed by atoms with Gasteiger partial charge in [-0.3, -0.25) is 4.98 Å². The first-order chi connectivity index (χ1) is 15.7. The Morgan fingerprint density at radius 1 is 1.16 bits per heavy atom. The smallest absolute Gasteiger partial charge is 0.321 e. The predicted molar refractivity (Wildman–Crippen MR) is 119 cm³/mol. The first-order valence-electron chi connectivity index (χ1n) is 11.1. The zero-order chi connectivity index (χ0) is 22.0. The number of carbonyl (C=O) groups is 1. The van der Waals surface area contributed by atoms with E-state index in [1.807, 2.05) is 41.3 Å². The summed E-state index contributed by atoms with van der Waals surface area (Å²) >= 11 is 0. The van der Waals surface area contributed by atoms with Crippen LogP contribution in [-0.4, -0.2) is 52.4 Å². The van der Waals surface area contributed by atoms with Gasteiger partial charge >= 0.3 is 6.03 Å². The zero-order valence-corrected chi connectivity index (χ0v) is 18.2. The number of pyridine rings is 1. The van der Waals surface area contributed by atoms with E-state index >= 15 is 0 Å². The van der Waals surface area contributed by atoms with E-state index in [0.717, 1.165) is 36.1 Å². The summed E-state index contributed by atoms with van der Waals surface area (Å²) in [7, 11) is 0. The van der Waals surface area contributed by atoms with Crippen molar-refractivity contribution in [3.63, 3.8) is 0 Å². The van der Waals surface area contributed by atoms with Crippen LogP contribution in [0, 0.1) is 5.41 Å². The normalized spacial score (nSPS) is 19.9. The average Bonchev–Trinajstić information content (AvgIpc) is 3.46. The van der Waals surface area contributed by atoms with E-state index in [1.165, 1.54) is 0 Å². The molecule has 2 saturated heterocycles. The number of hydrogen-bond acceptors (Lipinski definition) is 6. The van der Waals surface area contributed by atoms with Crippen LogP contribution in [0.2, 0.25) is 0 Å². The number of carbonyl (C=O) groups excluding carboxylic acids is 1. The summed E-state index contributed by atoms with van der Waals surface area (Å²) in [6, 6.07) is 11.5. The Kier molecular flexibility index (Phi) is 5.61. The van der Waals surface area contributed by atoms with Gasteiger partial charge < -0.3 is 19.4 Å². The van der Waals surface area contributed by atoms with Crippen LogP contribution in [0.5, 0.6) is 0 Å². The average molecular weight is 434 g/mol. The summed E-state index contributed by atoms with van der Waals surface area (Å²) in [5, 5.41) is 11.8. The highest BCUT2D eigenvalue weighted by Crippen LogP contribution is 2.49. The van der Waals surface area contributed by atoms with Gasteiger partial charge in [0.05, 0.1) is 5.92 Å². The van der Waals surface area contributed by atoms with Crippen LogP contribution in [0.25, 0.3) is 11.5 Å². The number of aromatic nitrogens is 3. The van der Waals surface area contributed by atoms with Crippen LogP contribution in [0.1, 0.15) is 37.1 Å². The monoisotopic (exact) mass is 433 g/mol. The minimum atomic E-state index is -0.123. The first-order valence-corrected chi connectivity index (χ1v) is 11.1. The van der Waals surface area contributed by atoms with E-state index in [1.54, 1.807) is 12.4 Å². The molecule has 1 spiro atoms. The minimum absolute atomic E-state index is 0.0262. The van der Waals surface area contributed by atoms with E-state index in [9.17, 15) is 4.79 Å². The number of rotatable bonds is 4. The van der Waals surface area contributed by atoms with Crippen molar-refractivity contribution in [1.82, 2.24) is 20.1 Å². The third-order valence-electron chi connectivity index (χ3n) is 6.73. The topological polar surface area (TPSA) is 93.4 Å². The molecule has 2 aliphatic heterocycles. The van der Waals surface area contributed by atoms with Crippen molar-refractivity contribution in [3.8, 4) is 11.5 Å². The lowest BCUT2D eigenvalue weighted by atomic mass is 9.72. The van der Waals surface area contributed by atoms with Crippen LogP contribution < -0.4 is 5.32 Å². The van der Waals surface area contributed by atoms with Crippen LogP contribution >= 0.6 is 0 Å². The van der Waals surface area contributed by atoms with E-state index in [-0.39, 0.29) is 17.4 Å². The van der Waals surface area contributed by atoms with Crippen molar-refractivity contribution in [2.75, 3.05) is 31.6 Å². The summed E-state index contributed by atoms with van der Waals surface area (Å²) in [5.74, 6) is 1.04. The fraction of sp³-hybridized carbons (Fsp3) is 0.417. The maximum Gasteiger partial charge on any atom is 0.321 e. The number of ether oxygens (including phenoxy) is 1. The Labute approximate surface area is 187 Å². The number of amides is 2. The van der Waals surface area contributed by atoms with Crippen molar-refractivity contribution in [3.05, 3.63) is 60.2 Å². The Morgan fingerprint density at radius 2 is 1.94 bits per heavy atom. The number of hydrogen-bond donors (Lipinski definition) is 1. The highest BCUT2D eigenvalue weighted by Gasteiger charge is 2.51. The van der Waals surface area contributed by atoms with Crippen molar-refractivity contribution in [1.29, 1.82) is 0 Å². The molecule has 166 valence electrons. The van der Waals surface area contributed by atoms with Crippen LogP contribution in [0.4, 0.5) is 10.5 Å². The van der Waals surface area contributed by atoms with Gasteiger partial charge in [-0.2, -0.15) is 0 Å². The molecular weight excluding hydrogens is 406 g/mol. The number of anilines is 1. The molecule has 5 rings (SSSR count). The summed E-state index contributed by atoms with van der Waals surface area (Å²) in [6.07, 6.45) is 5.99. The van der Waals surface area contributed by atoms with E-state index < -0.39 is 0 Å². The second kappa shape index (κ2) is 8.70. The Hall–Kier alpha value is -3.26. The third kappa shape index (κ3) is 3.86. The van der Waals surface area contributed by atoms with Crippen LogP contribution in [-0.2, 0) is 11.2 Å². The second-order valence-electron chi connectivity index (χ2n) is 8.53. The molecule has 1 atom stereocenters. The number of para-hydroxylation sites is 1. The number of nitrogens with one attached hydrogen (secondary N) is 1. The Balaban J connectivity index is 1.40. The van der Waals surface area contributed by atoms with Crippen LogP contribution in [0.3, 0.4) is 0 Å². The standard InChI is InChI=1S/C24H27N5O3/c1-2-17-5-3-4-6-20(17)26-23(30)29-15-19(24(16-29)9-13-31-14-10-24)22-28-27-21(32-22)18-7-11-25-12-8-18/h3-8,11-12,19H,2,9-10,13-16H2,1H3,(H,26,30). The summed E-state index contributed by atoms with van der Waals surface area (Å²) in [6.45, 7) is 4.63. The molecule has 0 radical (unpaired) electrons. The highest BCUT2D eigenvalue weighted by molar-refractivity contribution is 5.90. The molecule has 2 aliphatic rings. The lowest BCUT2D eigenvalue weighted by Crippen LogP contribution is -2.38. The molecule has 8 nitrogen and oxygen atoms in total. The van der Waals surface area contributed by atoms with E-state index in [4.69, 9.17) is 9.15 Å². The second-order valence-corrected chi connectivity index (χ2v) is 8.53. The van der Waals surface area contributed by atoms with Crippen molar-refractivity contribution in [2.24, 2.45) is 5.41 Å². The predicted octanol–water partition coefficient (Wildman–Crippen LogP) is 4.12. The highest BCUT2D eigenvalue weighted by atomic mass is 16.5. The molecule has 0 bridgehead atoms. The van der Waals surface area contributed by atoms with Gasteiger partial charge in [-0.25, -0.2) is 4.79 Å². The number of nitrogens with zero attached hydrogens (tertiary/aromatic N) is 4. The lowest BCUT2D eigenvalue weighted by Gasteiger charge is -2.36. The molecule has 8 heteroatoms.